The molecule has 0 aliphatic heterocycles. The summed E-state index contributed by atoms with van der Waals surface area (Å²) in [6.45, 7) is 0.996. The molecule has 0 unspecified atom stereocenters. The highest BCUT2D eigenvalue weighted by atomic mass is 16.5. The van der Waals surface area contributed by atoms with Gasteiger partial charge in [0.1, 0.15) is 11.3 Å². The minimum absolute atomic E-state index is 0.374. The number of nitrogens with zero attached hydrogens (tertiary/aromatic N) is 2. The van der Waals surface area contributed by atoms with Crippen molar-refractivity contribution in [2.24, 2.45) is 4.99 Å². The Bertz CT molecular complexity index is 501. The van der Waals surface area contributed by atoms with E-state index in [0.717, 1.165) is 37.1 Å². The maximum atomic E-state index is 10.6. The van der Waals surface area contributed by atoms with Gasteiger partial charge in [-0.15, -0.1) is 0 Å². The highest BCUT2D eigenvalue weighted by Crippen LogP contribution is 2.52. The Balaban J connectivity index is 2.29. The van der Waals surface area contributed by atoms with Crippen molar-refractivity contribution in [1.82, 2.24) is 4.90 Å². The summed E-state index contributed by atoms with van der Waals surface area (Å²) in [5.74, 6) is 0.810. The van der Waals surface area contributed by atoms with E-state index in [-0.39, 0.29) is 5.54 Å². The van der Waals surface area contributed by atoms with Crippen LogP contribution in [0.2, 0.25) is 0 Å². The third-order valence-electron chi connectivity index (χ3n) is 3.60. The number of benzene rings is 1. The fraction of sp³-hybridized carbons (Fsp3) is 0.533. The van der Waals surface area contributed by atoms with E-state index in [0.29, 0.717) is 0 Å². The zero-order valence-electron chi connectivity index (χ0n) is 11.8. The second-order valence-corrected chi connectivity index (χ2v) is 5.32. The average molecular weight is 260 g/mol. The molecule has 0 saturated heterocycles. The second-order valence-electron chi connectivity index (χ2n) is 5.32. The third kappa shape index (κ3) is 3.03. The van der Waals surface area contributed by atoms with Crippen LogP contribution in [-0.2, 0) is 16.8 Å². The molecule has 1 aliphatic carbocycles. The molecule has 0 N–H and O–H groups in total. The quantitative estimate of drug-likeness (QED) is 0.581. The summed E-state index contributed by atoms with van der Waals surface area (Å²) in [6.07, 6.45) is 4.48. The molecule has 1 aromatic carbocycles. The fourth-order valence-electron chi connectivity index (χ4n) is 2.27. The minimum atomic E-state index is -0.374. The minimum Gasteiger partial charge on any atom is -0.496 e. The van der Waals surface area contributed by atoms with Crippen LogP contribution in [0, 0.1) is 0 Å². The number of ether oxygens (including phenoxy) is 1. The van der Waals surface area contributed by atoms with Gasteiger partial charge in [-0.25, -0.2) is 4.79 Å². The van der Waals surface area contributed by atoms with Crippen LogP contribution in [0.1, 0.15) is 24.0 Å². The Labute approximate surface area is 114 Å². The van der Waals surface area contributed by atoms with Gasteiger partial charge < -0.3 is 9.64 Å². The van der Waals surface area contributed by atoms with Gasteiger partial charge in [0.2, 0.25) is 6.08 Å². The van der Waals surface area contributed by atoms with Gasteiger partial charge in [-0.3, -0.25) is 0 Å². The number of isocyanates is 1. The van der Waals surface area contributed by atoms with Crippen LogP contribution < -0.4 is 4.74 Å². The lowest BCUT2D eigenvalue weighted by Gasteiger charge is -2.16. The molecule has 2 rings (SSSR count). The van der Waals surface area contributed by atoms with Gasteiger partial charge in [-0.05, 0) is 51.1 Å². The van der Waals surface area contributed by atoms with Gasteiger partial charge in [0.25, 0.3) is 0 Å². The maximum Gasteiger partial charge on any atom is 0.235 e. The standard InChI is InChI=1S/C15H20N2O2/c1-17(2)9-6-12-4-5-14(19-3)13(10-12)15(7-8-15)16-11-18/h4-5,10H,6-9H2,1-3H3. The molecule has 1 saturated carbocycles. The first-order chi connectivity index (χ1) is 9.11. The number of methoxy groups -OCH3 is 1. The smallest absolute Gasteiger partial charge is 0.235 e. The van der Waals surface area contributed by atoms with Crippen LogP contribution >= 0.6 is 0 Å². The van der Waals surface area contributed by atoms with E-state index in [4.69, 9.17) is 4.74 Å². The summed E-state index contributed by atoms with van der Waals surface area (Å²) in [6, 6.07) is 6.17. The number of carbonyl (C=O) groups excluding carboxylic acids is 1. The molecule has 0 bridgehead atoms. The van der Waals surface area contributed by atoms with E-state index in [9.17, 15) is 4.79 Å². The van der Waals surface area contributed by atoms with Crippen molar-refractivity contribution in [2.75, 3.05) is 27.7 Å². The van der Waals surface area contributed by atoms with Gasteiger partial charge in [-0.2, -0.15) is 4.99 Å². The van der Waals surface area contributed by atoms with E-state index in [1.807, 2.05) is 6.07 Å². The average Bonchev–Trinajstić information content (AvgIpc) is 3.17. The lowest BCUT2D eigenvalue weighted by Crippen LogP contribution is -2.15. The Morgan fingerprint density at radius 2 is 2.16 bits per heavy atom. The van der Waals surface area contributed by atoms with Gasteiger partial charge >= 0.3 is 0 Å². The maximum absolute atomic E-state index is 10.6. The van der Waals surface area contributed by atoms with Crippen LogP contribution in [-0.4, -0.2) is 38.7 Å². The highest BCUT2D eigenvalue weighted by molar-refractivity contribution is 5.48. The summed E-state index contributed by atoms with van der Waals surface area (Å²) in [5.41, 5.74) is 1.90. The predicted octanol–water partition coefficient (Wildman–Crippen LogP) is 2.12. The zero-order chi connectivity index (χ0) is 13.9. The highest BCUT2D eigenvalue weighted by Gasteiger charge is 2.46. The van der Waals surface area contributed by atoms with Gasteiger partial charge in [0, 0.05) is 12.1 Å². The normalized spacial score (nSPS) is 16.0. The summed E-state index contributed by atoms with van der Waals surface area (Å²) in [7, 11) is 5.77. The summed E-state index contributed by atoms with van der Waals surface area (Å²) >= 11 is 0. The Morgan fingerprint density at radius 3 is 2.68 bits per heavy atom. The summed E-state index contributed by atoms with van der Waals surface area (Å²) in [4.78, 5) is 16.7. The fourth-order valence-corrected chi connectivity index (χ4v) is 2.27. The number of likely N-dealkylation sites (N-methyl/N-ethyl adjacent to an activating group) is 1. The van der Waals surface area contributed by atoms with Crippen LogP contribution in [0.25, 0.3) is 0 Å². The zero-order valence-corrected chi connectivity index (χ0v) is 11.8. The predicted molar refractivity (Wildman–Crippen MR) is 74.3 cm³/mol. The molecule has 102 valence electrons. The van der Waals surface area contributed by atoms with E-state index >= 15 is 0 Å². The van der Waals surface area contributed by atoms with Crippen molar-refractivity contribution < 1.29 is 9.53 Å². The molecule has 0 radical (unpaired) electrons. The number of hydrogen-bond donors (Lipinski definition) is 0. The van der Waals surface area contributed by atoms with Crippen molar-refractivity contribution in [3.63, 3.8) is 0 Å². The Morgan fingerprint density at radius 1 is 1.42 bits per heavy atom. The van der Waals surface area contributed by atoms with Crippen molar-refractivity contribution in [2.45, 2.75) is 24.8 Å². The molecule has 1 aromatic rings. The van der Waals surface area contributed by atoms with Crippen molar-refractivity contribution in [3.05, 3.63) is 29.3 Å². The first-order valence-corrected chi connectivity index (χ1v) is 6.52. The number of rotatable bonds is 6. The second kappa shape index (κ2) is 5.55. The topological polar surface area (TPSA) is 41.9 Å². The molecule has 0 atom stereocenters. The van der Waals surface area contributed by atoms with E-state index in [1.54, 1.807) is 13.2 Å². The van der Waals surface area contributed by atoms with Crippen LogP contribution in [0.3, 0.4) is 0 Å². The van der Waals surface area contributed by atoms with Gasteiger partial charge in [0.05, 0.1) is 7.11 Å². The number of aliphatic imine (C=N–C) groups is 1. The Hall–Kier alpha value is -1.64. The lowest BCUT2D eigenvalue weighted by molar-refractivity contribution is 0.402. The number of hydrogen-bond acceptors (Lipinski definition) is 4. The van der Waals surface area contributed by atoms with Crippen molar-refractivity contribution in [3.8, 4) is 5.75 Å². The van der Waals surface area contributed by atoms with E-state index in [2.05, 4.69) is 36.1 Å². The molecule has 0 spiro atoms. The molecule has 19 heavy (non-hydrogen) atoms. The van der Waals surface area contributed by atoms with Crippen LogP contribution in [0.15, 0.2) is 23.2 Å². The monoisotopic (exact) mass is 260 g/mol. The molecule has 1 fully saturated rings. The molecule has 4 heteroatoms. The van der Waals surface area contributed by atoms with E-state index < -0.39 is 0 Å². The molecule has 4 nitrogen and oxygen atoms in total. The van der Waals surface area contributed by atoms with Crippen LogP contribution in [0.4, 0.5) is 0 Å². The first kappa shape index (κ1) is 13.8. The molecule has 1 aliphatic rings. The van der Waals surface area contributed by atoms with Crippen LogP contribution in [0.5, 0.6) is 5.75 Å². The summed E-state index contributed by atoms with van der Waals surface area (Å²) < 4.78 is 5.40. The third-order valence-corrected chi connectivity index (χ3v) is 3.60. The van der Waals surface area contributed by atoms with E-state index in [1.165, 1.54) is 5.56 Å². The Kier molecular flexibility index (Phi) is 4.03. The molecular formula is C15H20N2O2. The first-order valence-electron chi connectivity index (χ1n) is 6.52. The molecule has 0 aromatic heterocycles. The van der Waals surface area contributed by atoms with Gasteiger partial charge in [-0.1, -0.05) is 6.07 Å². The van der Waals surface area contributed by atoms with Gasteiger partial charge in [0.15, 0.2) is 0 Å². The SMILES string of the molecule is COc1ccc(CCN(C)C)cc1C1(N=C=O)CC1. The van der Waals surface area contributed by atoms with Crippen molar-refractivity contribution in [1.29, 1.82) is 0 Å². The largest absolute Gasteiger partial charge is 0.496 e. The molecule has 0 amide bonds. The summed E-state index contributed by atoms with van der Waals surface area (Å²) in [5, 5.41) is 0. The lowest BCUT2D eigenvalue weighted by atomic mass is 9.99. The molecule has 0 heterocycles. The van der Waals surface area contributed by atoms with Crippen molar-refractivity contribution >= 4 is 6.08 Å². The molecular weight excluding hydrogens is 240 g/mol.